The minimum absolute atomic E-state index is 0.364. The van der Waals surface area contributed by atoms with Crippen LogP contribution in [-0.4, -0.2) is 24.2 Å². The number of nitrogens with one attached hydrogen (secondary N) is 1. The summed E-state index contributed by atoms with van der Waals surface area (Å²) in [6, 6.07) is 8.89. The number of benzene rings is 1. The Morgan fingerprint density at radius 3 is 2.94 bits per heavy atom. The zero-order valence-electron chi connectivity index (χ0n) is 11.3. The van der Waals surface area contributed by atoms with Gasteiger partial charge in [0.2, 0.25) is 0 Å². The maximum atomic E-state index is 6.10. The first-order valence-corrected chi connectivity index (χ1v) is 8.07. The van der Waals surface area contributed by atoms with E-state index in [0.29, 0.717) is 12.1 Å². The van der Waals surface area contributed by atoms with Gasteiger partial charge in [-0.25, -0.2) is 0 Å². The van der Waals surface area contributed by atoms with Gasteiger partial charge in [-0.05, 0) is 30.5 Å². The molecule has 1 aliphatic rings. The van der Waals surface area contributed by atoms with E-state index in [0.717, 1.165) is 25.1 Å². The highest BCUT2D eigenvalue weighted by Gasteiger charge is 2.26. The molecule has 0 amide bonds. The second kappa shape index (κ2) is 7.05. The van der Waals surface area contributed by atoms with Gasteiger partial charge in [0.15, 0.2) is 0 Å². The maximum absolute atomic E-state index is 6.10. The predicted molar refractivity (Wildman–Crippen MR) is 79.5 cm³/mol. The van der Waals surface area contributed by atoms with Crippen LogP contribution >= 0.6 is 11.8 Å². The first-order valence-electron chi connectivity index (χ1n) is 6.91. The Bertz CT molecular complexity index is 369. The molecule has 3 heteroatoms. The number of thioether (sulfide) groups is 1. The molecule has 0 radical (unpaired) electrons. The van der Waals surface area contributed by atoms with Crippen molar-refractivity contribution in [2.45, 2.75) is 38.8 Å². The molecular formula is C15H23NOS. The molecule has 1 aromatic rings. The van der Waals surface area contributed by atoms with Gasteiger partial charge in [0.1, 0.15) is 11.9 Å². The van der Waals surface area contributed by atoms with E-state index >= 15 is 0 Å². The van der Waals surface area contributed by atoms with E-state index in [-0.39, 0.29) is 0 Å². The van der Waals surface area contributed by atoms with Crippen LogP contribution in [0.3, 0.4) is 0 Å². The lowest BCUT2D eigenvalue weighted by atomic mass is 9.95. The highest BCUT2D eigenvalue weighted by Crippen LogP contribution is 2.35. The lowest BCUT2D eigenvalue weighted by Crippen LogP contribution is -2.33. The molecule has 0 aliphatic carbocycles. The third-order valence-corrected chi connectivity index (χ3v) is 4.26. The molecule has 0 fully saturated rings. The van der Waals surface area contributed by atoms with Crippen LogP contribution in [0, 0.1) is 0 Å². The Morgan fingerprint density at radius 1 is 1.33 bits per heavy atom. The summed E-state index contributed by atoms with van der Waals surface area (Å²) in [6.45, 7) is 5.39. The summed E-state index contributed by atoms with van der Waals surface area (Å²) in [6.07, 6.45) is 2.60. The molecule has 0 spiro atoms. The second-order valence-electron chi connectivity index (χ2n) is 4.61. The van der Waals surface area contributed by atoms with E-state index in [1.165, 1.54) is 17.1 Å². The monoisotopic (exact) mass is 265 g/mol. The van der Waals surface area contributed by atoms with Crippen molar-refractivity contribution in [2.24, 2.45) is 0 Å². The molecule has 1 N–H and O–H groups in total. The van der Waals surface area contributed by atoms with Crippen LogP contribution in [-0.2, 0) is 0 Å². The standard InChI is InChI=1S/C15H23NOS/c1-3-16-14-11-12(9-10-18-4-2)17-15-8-6-5-7-13(14)15/h5-8,12,14,16H,3-4,9-11H2,1-2H3. The van der Waals surface area contributed by atoms with Gasteiger partial charge >= 0.3 is 0 Å². The minimum atomic E-state index is 0.364. The summed E-state index contributed by atoms with van der Waals surface area (Å²) < 4.78 is 6.10. The summed E-state index contributed by atoms with van der Waals surface area (Å²) in [5, 5.41) is 3.57. The molecule has 0 aromatic heterocycles. The first kappa shape index (κ1) is 13.8. The number of hydrogen-bond acceptors (Lipinski definition) is 3. The SMILES string of the molecule is CCNC1CC(CCSCC)Oc2ccccc21. The molecule has 18 heavy (non-hydrogen) atoms. The fraction of sp³-hybridized carbons (Fsp3) is 0.600. The summed E-state index contributed by atoms with van der Waals surface area (Å²) in [5.74, 6) is 3.46. The summed E-state index contributed by atoms with van der Waals surface area (Å²) in [4.78, 5) is 0. The topological polar surface area (TPSA) is 21.3 Å². The summed E-state index contributed by atoms with van der Waals surface area (Å²) in [5.41, 5.74) is 1.32. The maximum Gasteiger partial charge on any atom is 0.124 e. The average molecular weight is 265 g/mol. The average Bonchev–Trinajstić information content (AvgIpc) is 2.39. The molecule has 2 rings (SSSR count). The number of rotatable bonds is 6. The van der Waals surface area contributed by atoms with E-state index in [1.54, 1.807) is 0 Å². The fourth-order valence-corrected chi connectivity index (χ4v) is 3.19. The number of para-hydroxylation sites is 1. The molecular weight excluding hydrogens is 242 g/mol. The van der Waals surface area contributed by atoms with Crippen LogP contribution in [0.2, 0.25) is 0 Å². The van der Waals surface area contributed by atoms with Gasteiger partial charge in [-0.2, -0.15) is 11.8 Å². The van der Waals surface area contributed by atoms with Crippen LogP contribution in [0.5, 0.6) is 5.75 Å². The number of fused-ring (bicyclic) bond motifs is 1. The smallest absolute Gasteiger partial charge is 0.124 e. The van der Waals surface area contributed by atoms with E-state index in [1.807, 2.05) is 11.8 Å². The zero-order chi connectivity index (χ0) is 12.8. The van der Waals surface area contributed by atoms with Gasteiger partial charge in [0, 0.05) is 18.0 Å². The number of hydrogen-bond donors (Lipinski definition) is 1. The van der Waals surface area contributed by atoms with E-state index < -0.39 is 0 Å². The number of ether oxygens (including phenoxy) is 1. The third kappa shape index (κ3) is 3.42. The highest BCUT2D eigenvalue weighted by molar-refractivity contribution is 7.99. The van der Waals surface area contributed by atoms with Crippen LogP contribution in [0.15, 0.2) is 24.3 Å². The quantitative estimate of drug-likeness (QED) is 0.794. The van der Waals surface area contributed by atoms with E-state index in [4.69, 9.17) is 4.74 Å². The lowest BCUT2D eigenvalue weighted by molar-refractivity contribution is 0.147. The Hall–Kier alpha value is -0.670. The molecule has 0 saturated carbocycles. The van der Waals surface area contributed by atoms with E-state index in [2.05, 4.69) is 43.4 Å². The fourth-order valence-electron chi connectivity index (χ4n) is 2.47. The molecule has 2 nitrogen and oxygen atoms in total. The van der Waals surface area contributed by atoms with Gasteiger partial charge < -0.3 is 10.1 Å². The molecule has 1 heterocycles. The van der Waals surface area contributed by atoms with Crippen LogP contribution in [0.25, 0.3) is 0 Å². The van der Waals surface area contributed by atoms with Crippen molar-refractivity contribution < 1.29 is 4.74 Å². The van der Waals surface area contributed by atoms with Crippen molar-refractivity contribution in [3.63, 3.8) is 0 Å². The molecule has 2 unspecified atom stereocenters. The van der Waals surface area contributed by atoms with Crippen LogP contribution in [0.1, 0.15) is 38.3 Å². The van der Waals surface area contributed by atoms with Crippen molar-refractivity contribution in [3.05, 3.63) is 29.8 Å². The van der Waals surface area contributed by atoms with Crippen molar-refractivity contribution >= 4 is 11.8 Å². The Kier molecular flexibility index (Phi) is 5.39. The summed E-state index contributed by atoms with van der Waals surface area (Å²) in [7, 11) is 0. The Balaban J connectivity index is 2.03. The van der Waals surface area contributed by atoms with Gasteiger partial charge in [0.25, 0.3) is 0 Å². The molecule has 0 saturated heterocycles. The summed E-state index contributed by atoms with van der Waals surface area (Å²) >= 11 is 2.00. The van der Waals surface area contributed by atoms with Gasteiger partial charge in [0.05, 0.1) is 0 Å². The minimum Gasteiger partial charge on any atom is -0.490 e. The van der Waals surface area contributed by atoms with Crippen molar-refractivity contribution in [1.29, 1.82) is 0 Å². The highest BCUT2D eigenvalue weighted by atomic mass is 32.2. The van der Waals surface area contributed by atoms with Crippen LogP contribution < -0.4 is 10.1 Å². The molecule has 1 aliphatic heterocycles. The van der Waals surface area contributed by atoms with Gasteiger partial charge in [-0.3, -0.25) is 0 Å². The van der Waals surface area contributed by atoms with Gasteiger partial charge in [-0.1, -0.05) is 32.0 Å². The Labute approximate surface area is 114 Å². The first-order chi connectivity index (χ1) is 8.85. The molecule has 0 bridgehead atoms. The predicted octanol–water partition coefficient (Wildman–Crippen LogP) is 3.63. The van der Waals surface area contributed by atoms with E-state index in [9.17, 15) is 0 Å². The third-order valence-electron chi connectivity index (χ3n) is 3.33. The van der Waals surface area contributed by atoms with Crippen molar-refractivity contribution in [1.82, 2.24) is 5.32 Å². The second-order valence-corrected chi connectivity index (χ2v) is 6.00. The normalized spacial score (nSPS) is 22.3. The molecule has 2 atom stereocenters. The zero-order valence-corrected chi connectivity index (χ0v) is 12.1. The lowest BCUT2D eigenvalue weighted by Gasteiger charge is -2.32. The van der Waals surface area contributed by atoms with Crippen molar-refractivity contribution in [2.75, 3.05) is 18.1 Å². The largest absolute Gasteiger partial charge is 0.490 e. The molecule has 1 aromatic carbocycles. The van der Waals surface area contributed by atoms with Crippen molar-refractivity contribution in [3.8, 4) is 5.75 Å². The molecule has 100 valence electrons. The Morgan fingerprint density at radius 2 is 2.17 bits per heavy atom. The van der Waals surface area contributed by atoms with Crippen LogP contribution in [0.4, 0.5) is 0 Å². The van der Waals surface area contributed by atoms with Gasteiger partial charge in [-0.15, -0.1) is 0 Å².